The fourth-order valence-corrected chi connectivity index (χ4v) is 4.95. The number of morpholine rings is 1. The molecule has 0 saturated carbocycles. The van der Waals surface area contributed by atoms with Gasteiger partial charge in [0.15, 0.2) is 0 Å². The first-order valence-electron chi connectivity index (χ1n) is 8.91. The number of sulfonamides is 1. The lowest BCUT2D eigenvalue weighted by Crippen LogP contribution is -2.42. The van der Waals surface area contributed by atoms with E-state index in [1.807, 2.05) is 24.7 Å². The van der Waals surface area contributed by atoms with Gasteiger partial charge in [0.25, 0.3) is 0 Å². The lowest BCUT2D eigenvalue weighted by Gasteiger charge is -2.31. The number of fused-ring (bicyclic) bond motifs is 1. The number of aromatic nitrogens is 2. The third-order valence-electron chi connectivity index (χ3n) is 4.88. The molecule has 2 atom stereocenters. The molecule has 8 heteroatoms. The number of aryl methyl sites for hydroxylation is 1. The Hall–Kier alpha value is -1.90. The van der Waals surface area contributed by atoms with Crippen LogP contribution in [0.15, 0.2) is 35.5 Å². The molecule has 1 aromatic carbocycles. The Morgan fingerprint density at radius 1 is 1.35 bits per heavy atom. The van der Waals surface area contributed by atoms with E-state index < -0.39 is 10.0 Å². The molecule has 1 aromatic heterocycles. The summed E-state index contributed by atoms with van der Waals surface area (Å²) in [6.07, 6.45) is 4.19. The summed E-state index contributed by atoms with van der Waals surface area (Å²) in [4.78, 5) is 0.318. The van der Waals surface area contributed by atoms with Crippen LogP contribution in [0.25, 0.3) is 0 Å². The maximum absolute atomic E-state index is 13.1. The lowest BCUT2D eigenvalue weighted by molar-refractivity contribution is -0.00260. The number of nitrogens with zero attached hydrogens (tertiary/aromatic N) is 3. The van der Waals surface area contributed by atoms with E-state index in [9.17, 15) is 8.42 Å². The van der Waals surface area contributed by atoms with Crippen molar-refractivity contribution in [1.82, 2.24) is 14.1 Å². The maximum atomic E-state index is 13.1. The van der Waals surface area contributed by atoms with Gasteiger partial charge >= 0.3 is 0 Å². The normalized spacial score (nSPS) is 23.6. The fraction of sp³-hybridized carbons (Fsp3) is 0.500. The van der Waals surface area contributed by atoms with Crippen molar-refractivity contribution in [3.05, 3.63) is 41.7 Å². The fourth-order valence-electron chi connectivity index (χ4n) is 3.47. The Kier molecular flexibility index (Phi) is 4.50. The summed E-state index contributed by atoms with van der Waals surface area (Å²) < 4.78 is 41.0. The van der Waals surface area contributed by atoms with Gasteiger partial charge in [-0.05, 0) is 37.6 Å². The summed E-state index contributed by atoms with van der Waals surface area (Å²) in [6.45, 7) is 5.77. The molecule has 26 heavy (non-hydrogen) atoms. The van der Waals surface area contributed by atoms with Crippen LogP contribution in [0.4, 0.5) is 0 Å². The lowest BCUT2D eigenvalue weighted by atomic mass is 10.1. The molecule has 1 saturated heterocycles. The second kappa shape index (κ2) is 6.68. The van der Waals surface area contributed by atoms with Crippen molar-refractivity contribution in [3.63, 3.8) is 0 Å². The molecule has 0 radical (unpaired) electrons. The monoisotopic (exact) mass is 377 g/mol. The van der Waals surface area contributed by atoms with E-state index in [4.69, 9.17) is 9.47 Å². The van der Waals surface area contributed by atoms with Crippen LogP contribution in [0, 0.1) is 0 Å². The summed E-state index contributed by atoms with van der Waals surface area (Å²) in [6, 6.07) is 5.13. The summed E-state index contributed by atoms with van der Waals surface area (Å²) in [5, 5.41) is 4.26. The van der Waals surface area contributed by atoms with E-state index in [1.54, 1.807) is 24.4 Å². The minimum Gasteiger partial charge on any atom is -0.490 e. The Bertz CT molecular complexity index is 909. The number of hydrogen-bond acceptors (Lipinski definition) is 5. The van der Waals surface area contributed by atoms with Gasteiger partial charge < -0.3 is 9.47 Å². The van der Waals surface area contributed by atoms with E-state index in [0.717, 1.165) is 29.8 Å². The van der Waals surface area contributed by atoms with Crippen molar-refractivity contribution in [2.75, 3.05) is 19.7 Å². The van der Waals surface area contributed by atoms with Crippen molar-refractivity contribution in [3.8, 4) is 5.75 Å². The van der Waals surface area contributed by atoms with Gasteiger partial charge in [-0.3, -0.25) is 4.68 Å². The van der Waals surface area contributed by atoms with Crippen LogP contribution in [0.5, 0.6) is 5.75 Å². The highest BCUT2D eigenvalue weighted by atomic mass is 32.2. The highest BCUT2D eigenvalue weighted by Gasteiger charge is 2.33. The summed E-state index contributed by atoms with van der Waals surface area (Å²) >= 11 is 0. The van der Waals surface area contributed by atoms with Gasteiger partial charge in [0.1, 0.15) is 11.9 Å². The second-order valence-electron chi connectivity index (χ2n) is 6.75. The molecule has 2 aliphatic rings. The van der Waals surface area contributed by atoms with E-state index in [1.165, 1.54) is 4.31 Å². The number of benzene rings is 1. The van der Waals surface area contributed by atoms with Crippen molar-refractivity contribution in [2.45, 2.75) is 43.9 Å². The molecular formula is C18H23N3O4S. The molecule has 0 unspecified atom stereocenters. The molecule has 0 spiro atoms. The van der Waals surface area contributed by atoms with Crippen molar-refractivity contribution in [1.29, 1.82) is 0 Å². The standard InChI is InChI=1S/C18H23N3O4S/c1-3-20-11-15(10-19-20)18-12-21(6-7-24-18)26(22,23)16-4-5-17-14(9-16)8-13(2)25-17/h4-5,9-11,13,18H,3,6-8,12H2,1-2H3/t13-,18+/m1/s1. The van der Waals surface area contributed by atoms with Gasteiger partial charge in [-0.2, -0.15) is 9.40 Å². The first kappa shape index (κ1) is 17.5. The smallest absolute Gasteiger partial charge is 0.243 e. The molecular weight excluding hydrogens is 354 g/mol. The van der Waals surface area contributed by atoms with Crippen molar-refractivity contribution in [2.24, 2.45) is 0 Å². The predicted octanol–water partition coefficient (Wildman–Crippen LogP) is 1.99. The van der Waals surface area contributed by atoms with Gasteiger partial charge in [0.05, 0.1) is 23.8 Å². The molecule has 140 valence electrons. The third kappa shape index (κ3) is 3.13. The van der Waals surface area contributed by atoms with E-state index >= 15 is 0 Å². The first-order chi connectivity index (χ1) is 12.5. The average molecular weight is 377 g/mol. The van der Waals surface area contributed by atoms with E-state index in [2.05, 4.69) is 5.10 Å². The molecule has 2 aromatic rings. The molecule has 0 amide bonds. The van der Waals surface area contributed by atoms with Crippen LogP contribution in [0.3, 0.4) is 0 Å². The molecule has 4 rings (SSSR count). The van der Waals surface area contributed by atoms with E-state index in [-0.39, 0.29) is 12.2 Å². The Morgan fingerprint density at radius 2 is 2.19 bits per heavy atom. The molecule has 0 bridgehead atoms. The van der Waals surface area contributed by atoms with Gasteiger partial charge in [0.2, 0.25) is 10.0 Å². The zero-order valence-electron chi connectivity index (χ0n) is 15.0. The number of rotatable bonds is 4. The van der Waals surface area contributed by atoms with E-state index in [0.29, 0.717) is 24.6 Å². The van der Waals surface area contributed by atoms with Crippen molar-refractivity contribution >= 4 is 10.0 Å². The predicted molar refractivity (Wildman–Crippen MR) is 95.6 cm³/mol. The summed E-state index contributed by atoms with van der Waals surface area (Å²) in [5.74, 6) is 0.781. The third-order valence-corrected chi connectivity index (χ3v) is 6.74. The summed E-state index contributed by atoms with van der Waals surface area (Å²) in [5.41, 5.74) is 1.86. The van der Waals surface area contributed by atoms with Crippen LogP contribution in [-0.4, -0.2) is 48.3 Å². The first-order valence-corrected chi connectivity index (χ1v) is 10.3. The van der Waals surface area contributed by atoms with Crippen LogP contribution in [-0.2, 0) is 27.7 Å². The van der Waals surface area contributed by atoms with Gasteiger partial charge in [-0.15, -0.1) is 0 Å². The van der Waals surface area contributed by atoms with Gasteiger partial charge in [-0.25, -0.2) is 8.42 Å². The molecule has 1 fully saturated rings. The Labute approximate surface area is 153 Å². The van der Waals surface area contributed by atoms with Crippen LogP contribution in [0.1, 0.15) is 31.1 Å². The SMILES string of the molecule is CCn1cc([C@@H]2CN(S(=O)(=O)c3ccc4c(c3)C[C@@H](C)O4)CCO2)cn1. The molecule has 3 heterocycles. The highest BCUT2D eigenvalue weighted by molar-refractivity contribution is 7.89. The highest BCUT2D eigenvalue weighted by Crippen LogP contribution is 2.33. The Balaban J connectivity index is 1.57. The largest absolute Gasteiger partial charge is 0.490 e. The number of ether oxygens (including phenoxy) is 2. The minimum absolute atomic E-state index is 0.0887. The quantitative estimate of drug-likeness (QED) is 0.815. The number of hydrogen-bond donors (Lipinski definition) is 0. The minimum atomic E-state index is -3.57. The maximum Gasteiger partial charge on any atom is 0.243 e. The van der Waals surface area contributed by atoms with Crippen LogP contribution in [0.2, 0.25) is 0 Å². The molecule has 7 nitrogen and oxygen atoms in total. The van der Waals surface area contributed by atoms with Gasteiger partial charge in [-0.1, -0.05) is 0 Å². The molecule has 2 aliphatic heterocycles. The second-order valence-corrected chi connectivity index (χ2v) is 8.69. The topological polar surface area (TPSA) is 73.7 Å². The molecule has 0 aliphatic carbocycles. The zero-order valence-corrected chi connectivity index (χ0v) is 15.8. The van der Waals surface area contributed by atoms with Gasteiger partial charge in [0, 0.05) is 37.8 Å². The van der Waals surface area contributed by atoms with Crippen LogP contribution >= 0.6 is 0 Å². The zero-order chi connectivity index (χ0) is 18.3. The molecule has 0 N–H and O–H groups in total. The van der Waals surface area contributed by atoms with Crippen molar-refractivity contribution < 1.29 is 17.9 Å². The Morgan fingerprint density at radius 3 is 2.96 bits per heavy atom. The summed E-state index contributed by atoms with van der Waals surface area (Å²) in [7, 11) is -3.57. The van der Waals surface area contributed by atoms with Crippen LogP contribution < -0.4 is 4.74 Å². The average Bonchev–Trinajstić information content (AvgIpc) is 3.26.